The zero-order valence-corrected chi connectivity index (χ0v) is 9.08. The summed E-state index contributed by atoms with van der Waals surface area (Å²) in [4.78, 5) is 10.9. The molecule has 1 fully saturated rings. The third-order valence-electron chi connectivity index (χ3n) is 1.83. The van der Waals surface area contributed by atoms with E-state index in [0.717, 1.165) is 6.08 Å². The van der Waals surface area contributed by atoms with Crippen LogP contribution in [0.4, 0.5) is 4.39 Å². The molecule has 0 aromatic rings. The van der Waals surface area contributed by atoms with Gasteiger partial charge in [0.15, 0.2) is 5.79 Å². The second kappa shape index (κ2) is 4.72. The van der Waals surface area contributed by atoms with Gasteiger partial charge in [0.1, 0.15) is 6.10 Å². The van der Waals surface area contributed by atoms with Crippen molar-refractivity contribution in [3.05, 3.63) is 11.9 Å². The standard InChI is InChI=1S/C10H15FO4/c1-4-13-9(12)8(11)5-7-6-14-10(2,3)15-7/h5,7H,4,6H2,1-3H3. The summed E-state index contributed by atoms with van der Waals surface area (Å²) in [5.41, 5.74) is 0. The van der Waals surface area contributed by atoms with Gasteiger partial charge in [-0.05, 0) is 26.8 Å². The van der Waals surface area contributed by atoms with Crippen LogP contribution in [0.25, 0.3) is 0 Å². The van der Waals surface area contributed by atoms with Crippen LogP contribution in [0.3, 0.4) is 0 Å². The average molecular weight is 218 g/mol. The smallest absolute Gasteiger partial charge is 0.366 e. The van der Waals surface area contributed by atoms with Crippen LogP contribution in [0.1, 0.15) is 20.8 Å². The molecule has 0 bridgehead atoms. The van der Waals surface area contributed by atoms with Crippen molar-refractivity contribution in [2.24, 2.45) is 0 Å². The number of ether oxygens (including phenoxy) is 3. The van der Waals surface area contributed by atoms with Crippen molar-refractivity contribution >= 4 is 5.97 Å². The van der Waals surface area contributed by atoms with Crippen molar-refractivity contribution in [2.45, 2.75) is 32.7 Å². The summed E-state index contributed by atoms with van der Waals surface area (Å²) in [6.07, 6.45) is 0.539. The molecular formula is C10H15FO4. The molecule has 1 saturated heterocycles. The number of carbonyl (C=O) groups is 1. The summed E-state index contributed by atoms with van der Waals surface area (Å²) in [5, 5.41) is 0. The van der Waals surface area contributed by atoms with Gasteiger partial charge in [-0.2, -0.15) is 4.39 Å². The molecule has 0 amide bonds. The Morgan fingerprint density at radius 3 is 2.80 bits per heavy atom. The predicted molar refractivity (Wildman–Crippen MR) is 50.7 cm³/mol. The normalized spacial score (nSPS) is 25.3. The molecule has 0 aliphatic carbocycles. The Morgan fingerprint density at radius 1 is 1.67 bits per heavy atom. The summed E-state index contributed by atoms with van der Waals surface area (Å²) in [6.45, 7) is 5.45. The maximum atomic E-state index is 13.1. The molecule has 1 atom stereocenters. The summed E-state index contributed by atoms with van der Waals surface area (Å²) in [7, 11) is 0. The monoisotopic (exact) mass is 218 g/mol. The van der Waals surface area contributed by atoms with Gasteiger partial charge in [-0.25, -0.2) is 4.79 Å². The fraction of sp³-hybridized carbons (Fsp3) is 0.700. The number of halogens is 1. The van der Waals surface area contributed by atoms with E-state index in [1.54, 1.807) is 20.8 Å². The minimum atomic E-state index is -0.967. The first kappa shape index (κ1) is 12.1. The summed E-state index contributed by atoms with van der Waals surface area (Å²) in [6, 6.07) is 0. The third-order valence-corrected chi connectivity index (χ3v) is 1.83. The van der Waals surface area contributed by atoms with E-state index in [0.29, 0.717) is 0 Å². The van der Waals surface area contributed by atoms with Crippen molar-refractivity contribution < 1.29 is 23.4 Å². The molecule has 0 radical (unpaired) electrons. The van der Waals surface area contributed by atoms with E-state index in [2.05, 4.69) is 4.74 Å². The Kier molecular flexibility index (Phi) is 3.82. The first-order valence-electron chi connectivity index (χ1n) is 4.81. The van der Waals surface area contributed by atoms with Crippen LogP contribution >= 0.6 is 0 Å². The van der Waals surface area contributed by atoms with Crippen LogP contribution in [-0.2, 0) is 19.0 Å². The molecule has 86 valence electrons. The summed E-state index contributed by atoms with van der Waals surface area (Å²) in [5.74, 6) is -2.63. The molecule has 1 unspecified atom stereocenters. The lowest BCUT2D eigenvalue weighted by Gasteiger charge is -2.15. The topological polar surface area (TPSA) is 44.8 Å². The van der Waals surface area contributed by atoms with Crippen molar-refractivity contribution in [1.82, 2.24) is 0 Å². The fourth-order valence-electron chi connectivity index (χ4n) is 1.23. The second-order valence-corrected chi connectivity index (χ2v) is 3.60. The summed E-state index contributed by atoms with van der Waals surface area (Å²) >= 11 is 0. The second-order valence-electron chi connectivity index (χ2n) is 3.60. The zero-order valence-electron chi connectivity index (χ0n) is 9.08. The van der Waals surface area contributed by atoms with Gasteiger partial charge in [-0.3, -0.25) is 0 Å². The molecular weight excluding hydrogens is 203 g/mol. The minimum Gasteiger partial charge on any atom is -0.461 e. The van der Waals surface area contributed by atoms with Crippen molar-refractivity contribution in [3.63, 3.8) is 0 Å². The molecule has 4 nitrogen and oxygen atoms in total. The Hall–Kier alpha value is -0.940. The van der Waals surface area contributed by atoms with Crippen LogP contribution in [0.15, 0.2) is 11.9 Å². The molecule has 5 heteroatoms. The van der Waals surface area contributed by atoms with Gasteiger partial charge in [0, 0.05) is 0 Å². The van der Waals surface area contributed by atoms with Gasteiger partial charge in [-0.1, -0.05) is 0 Å². The van der Waals surface area contributed by atoms with E-state index in [-0.39, 0.29) is 13.2 Å². The third kappa shape index (κ3) is 3.60. The SMILES string of the molecule is CCOC(=O)C(F)=CC1COC(C)(C)O1. The van der Waals surface area contributed by atoms with Crippen LogP contribution in [0.2, 0.25) is 0 Å². The van der Waals surface area contributed by atoms with E-state index in [1.807, 2.05) is 0 Å². The Labute approximate surface area is 88.0 Å². The van der Waals surface area contributed by atoms with Crippen molar-refractivity contribution in [1.29, 1.82) is 0 Å². The molecule has 15 heavy (non-hydrogen) atoms. The number of esters is 1. The highest BCUT2D eigenvalue weighted by atomic mass is 19.1. The quantitative estimate of drug-likeness (QED) is 0.532. The Bertz CT molecular complexity index is 273. The lowest BCUT2D eigenvalue weighted by atomic mass is 10.3. The Morgan fingerprint density at radius 2 is 2.33 bits per heavy atom. The van der Waals surface area contributed by atoms with E-state index in [4.69, 9.17) is 9.47 Å². The molecule has 1 aliphatic rings. The van der Waals surface area contributed by atoms with Gasteiger partial charge in [0.25, 0.3) is 0 Å². The first-order valence-corrected chi connectivity index (χ1v) is 4.81. The summed E-state index contributed by atoms with van der Waals surface area (Å²) < 4.78 is 28.1. The molecule has 1 aliphatic heterocycles. The number of hydrogen-bond acceptors (Lipinski definition) is 4. The maximum absolute atomic E-state index is 13.1. The lowest BCUT2D eigenvalue weighted by Crippen LogP contribution is -2.21. The number of hydrogen-bond donors (Lipinski definition) is 0. The van der Waals surface area contributed by atoms with Gasteiger partial charge in [-0.15, -0.1) is 0 Å². The predicted octanol–water partition coefficient (Wildman–Crippen LogP) is 1.55. The average Bonchev–Trinajstić information content (AvgIpc) is 2.46. The molecule has 1 heterocycles. The highest BCUT2D eigenvalue weighted by Gasteiger charge is 2.32. The number of carbonyl (C=O) groups excluding carboxylic acids is 1. The molecule has 0 aromatic carbocycles. The van der Waals surface area contributed by atoms with Crippen molar-refractivity contribution in [3.8, 4) is 0 Å². The zero-order chi connectivity index (χ0) is 11.5. The van der Waals surface area contributed by atoms with Gasteiger partial charge in [0.05, 0.1) is 13.2 Å². The van der Waals surface area contributed by atoms with E-state index >= 15 is 0 Å². The van der Waals surface area contributed by atoms with E-state index in [9.17, 15) is 9.18 Å². The maximum Gasteiger partial charge on any atom is 0.366 e. The van der Waals surface area contributed by atoms with Gasteiger partial charge in [0.2, 0.25) is 5.83 Å². The van der Waals surface area contributed by atoms with E-state index in [1.165, 1.54) is 0 Å². The van der Waals surface area contributed by atoms with Crippen molar-refractivity contribution in [2.75, 3.05) is 13.2 Å². The van der Waals surface area contributed by atoms with Crippen LogP contribution in [0.5, 0.6) is 0 Å². The van der Waals surface area contributed by atoms with Gasteiger partial charge >= 0.3 is 5.97 Å². The first-order chi connectivity index (χ1) is 6.94. The highest BCUT2D eigenvalue weighted by molar-refractivity contribution is 5.85. The van der Waals surface area contributed by atoms with E-state index < -0.39 is 23.7 Å². The minimum absolute atomic E-state index is 0.146. The van der Waals surface area contributed by atoms with Crippen LogP contribution in [-0.4, -0.2) is 31.1 Å². The molecule has 0 N–H and O–H groups in total. The number of rotatable bonds is 3. The Balaban J connectivity index is 2.53. The molecule has 1 rings (SSSR count). The molecule has 0 saturated carbocycles. The van der Waals surface area contributed by atoms with Crippen LogP contribution in [0, 0.1) is 0 Å². The van der Waals surface area contributed by atoms with Gasteiger partial charge < -0.3 is 14.2 Å². The van der Waals surface area contributed by atoms with Crippen LogP contribution < -0.4 is 0 Å². The largest absolute Gasteiger partial charge is 0.461 e. The fourth-order valence-corrected chi connectivity index (χ4v) is 1.23. The molecule has 0 spiro atoms. The highest BCUT2D eigenvalue weighted by Crippen LogP contribution is 2.23. The lowest BCUT2D eigenvalue weighted by molar-refractivity contribution is -0.141. The molecule has 0 aromatic heterocycles.